The second kappa shape index (κ2) is 2.67. The van der Waals surface area contributed by atoms with Gasteiger partial charge in [-0.2, -0.15) is 0 Å². The fraction of sp³-hybridized carbons (Fsp3) is 0. The standard InChI is InChI=1S/C7H4N2O3S/c10-7-5-3-4(9(11)12)1-2-6(5)13-8-7/h1-3H,(H,8,10). The fourth-order valence-corrected chi connectivity index (χ4v) is 1.76. The maximum Gasteiger partial charge on any atom is 0.270 e. The molecule has 1 aromatic carbocycles. The number of non-ortho nitro benzene ring substituents is 1. The Labute approximate surface area is 75.9 Å². The topological polar surface area (TPSA) is 76.0 Å². The lowest BCUT2D eigenvalue weighted by Gasteiger charge is -1.88. The highest BCUT2D eigenvalue weighted by Gasteiger charge is 2.08. The van der Waals surface area contributed by atoms with E-state index in [4.69, 9.17) is 0 Å². The minimum absolute atomic E-state index is 0.0589. The molecule has 2 aromatic rings. The van der Waals surface area contributed by atoms with Crippen LogP contribution in [0.5, 0.6) is 0 Å². The molecule has 66 valence electrons. The number of H-pyrrole nitrogens is 1. The summed E-state index contributed by atoms with van der Waals surface area (Å²) in [6.07, 6.45) is 0. The number of hydrogen-bond donors (Lipinski definition) is 1. The Hall–Kier alpha value is -1.69. The first-order valence-corrected chi connectivity index (χ1v) is 4.26. The summed E-state index contributed by atoms with van der Waals surface area (Å²) >= 11 is 1.17. The number of nitrogens with one attached hydrogen (secondary N) is 1. The number of nitrogens with zero attached hydrogens (tertiary/aromatic N) is 1. The van der Waals surface area contributed by atoms with Crippen LogP contribution in [0.2, 0.25) is 0 Å². The Morgan fingerprint density at radius 1 is 1.46 bits per heavy atom. The smallest absolute Gasteiger partial charge is 0.270 e. The van der Waals surface area contributed by atoms with Crippen LogP contribution < -0.4 is 5.56 Å². The van der Waals surface area contributed by atoms with E-state index in [1.165, 1.54) is 23.7 Å². The number of hydrogen-bond acceptors (Lipinski definition) is 4. The van der Waals surface area contributed by atoms with Crippen molar-refractivity contribution < 1.29 is 4.92 Å². The molecule has 0 aliphatic rings. The number of aromatic amines is 1. The Kier molecular flexibility index (Phi) is 1.63. The molecule has 0 radical (unpaired) electrons. The molecule has 0 aliphatic heterocycles. The third-order valence-electron chi connectivity index (χ3n) is 1.67. The molecule has 13 heavy (non-hydrogen) atoms. The minimum Gasteiger partial charge on any atom is -0.277 e. The molecule has 1 heterocycles. The summed E-state index contributed by atoms with van der Waals surface area (Å²) in [5.41, 5.74) is -0.333. The van der Waals surface area contributed by atoms with Crippen molar-refractivity contribution >= 4 is 27.3 Å². The van der Waals surface area contributed by atoms with E-state index in [1.54, 1.807) is 6.07 Å². The molecule has 0 fully saturated rings. The Morgan fingerprint density at radius 2 is 2.23 bits per heavy atom. The van der Waals surface area contributed by atoms with Crippen LogP contribution in [-0.2, 0) is 0 Å². The zero-order valence-corrected chi connectivity index (χ0v) is 7.13. The number of aromatic nitrogens is 1. The molecule has 0 bridgehead atoms. The molecule has 0 amide bonds. The number of nitro groups is 1. The molecule has 0 spiro atoms. The zero-order chi connectivity index (χ0) is 9.42. The summed E-state index contributed by atoms with van der Waals surface area (Å²) in [6.45, 7) is 0. The van der Waals surface area contributed by atoms with Crippen molar-refractivity contribution in [1.82, 2.24) is 4.37 Å². The zero-order valence-electron chi connectivity index (χ0n) is 6.31. The van der Waals surface area contributed by atoms with Gasteiger partial charge in [-0.05, 0) is 6.07 Å². The molecule has 0 atom stereocenters. The van der Waals surface area contributed by atoms with Crippen molar-refractivity contribution in [3.05, 3.63) is 38.7 Å². The van der Waals surface area contributed by atoms with Crippen LogP contribution in [0, 0.1) is 10.1 Å². The molecule has 1 N–H and O–H groups in total. The van der Waals surface area contributed by atoms with Crippen LogP contribution in [0.4, 0.5) is 5.69 Å². The van der Waals surface area contributed by atoms with Crippen molar-refractivity contribution in [2.24, 2.45) is 0 Å². The van der Waals surface area contributed by atoms with Crippen molar-refractivity contribution in [2.75, 3.05) is 0 Å². The van der Waals surface area contributed by atoms with Gasteiger partial charge in [0, 0.05) is 12.1 Å². The van der Waals surface area contributed by atoms with Gasteiger partial charge < -0.3 is 0 Å². The van der Waals surface area contributed by atoms with Crippen LogP contribution in [0.25, 0.3) is 10.1 Å². The van der Waals surface area contributed by atoms with Gasteiger partial charge >= 0.3 is 0 Å². The van der Waals surface area contributed by atoms with Gasteiger partial charge in [0.1, 0.15) is 0 Å². The van der Waals surface area contributed by atoms with Crippen molar-refractivity contribution in [3.8, 4) is 0 Å². The van der Waals surface area contributed by atoms with Crippen molar-refractivity contribution in [2.45, 2.75) is 0 Å². The van der Waals surface area contributed by atoms with E-state index in [1.807, 2.05) is 0 Å². The predicted octanol–water partition coefficient (Wildman–Crippen LogP) is 1.50. The molecular formula is C7H4N2O3S. The molecule has 0 saturated heterocycles. The van der Waals surface area contributed by atoms with E-state index in [9.17, 15) is 14.9 Å². The summed E-state index contributed by atoms with van der Waals surface area (Å²) in [7, 11) is 0. The molecular weight excluding hydrogens is 192 g/mol. The van der Waals surface area contributed by atoms with E-state index < -0.39 is 4.92 Å². The van der Waals surface area contributed by atoms with Crippen molar-refractivity contribution in [3.63, 3.8) is 0 Å². The molecule has 1 aromatic heterocycles. The van der Waals surface area contributed by atoms with Crippen molar-refractivity contribution in [1.29, 1.82) is 0 Å². The normalized spacial score (nSPS) is 10.5. The molecule has 0 saturated carbocycles. The van der Waals surface area contributed by atoms with Crippen LogP contribution in [0.3, 0.4) is 0 Å². The third kappa shape index (κ3) is 1.20. The summed E-state index contributed by atoms with van der Waals surface area (Å²) in [5.74, 6) is 0. The molecule has 0 unspecified atom stereocenters. The van der Waals surface area contributed by atoms with Gasteiger partial charge in [0.2, 0.25) is 0 Å². The van der Waals surface area contributed by atoms with Crippen LogP contribution >= 0.6 is 11.5 Å². The minimum atomic E-state index is -0.517. The number of benzene rings is 1. The lowest BCUT2D eigenvalue weighted by molar-refractivity contribution is -0.384. The highest BCUT2D eigenvalue weighted by molar-refractivity contribution is 7.13. The quantitative estimate of drug-likeness (QED) is 0.554. The van der Waals surface area contributed by atoms with Crippen LogP contribution in [0.1, 0.15) is 0 Å². The van der Waals surface area contributed by atoms with E-state index in [0.717, 1.165) is 4.70 Å². The van der Waals surface area contributed by atoms with Gasteiger partial charge in [0.15, 0.2) is 0 Å². The lowest BCUT2D eigenvalue weighted by atomic mass is 10.2. The highest BCUT2D eigenvalue weighted by Crippen LogP contribution is 2.19. The largest absolute Gasteiger partial charge is 0.277 e. The van der Waals surface area contributed by atoms with E-state index in [2.05, 4.69) is 4.37 Å². The first-order valence-electron chi connectivity index (χ1n) is 3.44. The third-order valence-corrected chi connectivity index (χ3v) is 2.54. The maximum absolute atomic E-state index is 11.1. The number of rotatable bonds is 1. The molecule has 6 heteroatoms. The predicted molar refractivity (Wildman–Crippen MR) is 49.1 cm³/mol. The summed E-state index contributed by atoms with van der Waals surface area (Å²) in [6, 6.07) is 4.23. The maximum atomic E-state index is 11.1. The summed E-state index contributed by atoms with van der Waals surface area (Å²) < 4.78 is 3.24. The van der Waals surface area contributed by atoms with Gasteiger partial charge in [0.25, 0.3) is 11.2 Å². The first kappa shape index (κ1) is 7.93. The second-order valence-electron chi connectivity index (χ2n) is 2.47. The SMILES string of the molecule is O=c1[nH]sc2ccc([N+](=O)[O-])cc12. The van der Waals surface area contributed by atoms with E-state index in [0.29, 0.717) is 5.39 Å². The van der Waals surface area contributed by atoms with E-state index in [-0.39, 0.29) is 11.2 Å². The first-order chi connectivity index (χ1) is 6.18. The van der Waals surface area contributed by atoms with Gasteiger partial charge in [-0.1, -0.05) is 11.5 Å². The highest BCUT2D eigenvalue weighted by atomic mass is 32.1. The Bertz CT molecular complexity index is 528. The number of nitro benzene ring substituents is 1. The Balaban J connectivity index is 2.80. The van der Waals surface area contributed by atoms with Crippen LogP contribution in [0.15, 0.2) is 23.0 Å². The number of fused-ring (bicyclic) bond motifs is 1. The van der Waals surface area contributed by atoms with Gasteiger partial charge in [-0.15, -0.1) is 0 Å². The van der Waals surface area contributed by atoms with Crippen LogP contribution in [-0.4, -0.2) is 9.30 Å². The Morgan fingerprint density at radius 3 is 2.92 bits per heavy atom. The fourth-order valence-electron chi connectivity index (χ4n) is 1.05. The average Bonchev–Trinajstić information content (AvgIpc) is 2.47. The van der Waals surface area contributed by atoms with E-state index >= 15 is 0 Å². The molecule has 5 nitrogen and oxygen atoms in total. The molecule has 2 rings (SSSR count). The van der Waals surface area contributed by atoms with Gasteiger partial charge in [-0.3, -0.25) is 19.3 Å². The lowest BCUT2D eigenvalue weighted by Crippen LogP contribution is -1.96. The second-order valence-corrected chi connectivity index (χ2v) is 3.32. The van der Waals surface area contributed by atoms with Gasteiger partial charge in [-0.25, -0.2) is 0 Å². The average molecular weight is 196 g/mol. The van der Waals surface area contributed by atoms with Gasteiger partial charge in [0.05, 0.1) is 15.0 Å². The monoisotopic (exact) mass is 196 g/mol. The summed E-state index contributed by atoms with van der Waals surface area (Å²) in [4.78, 5) is 20.9. The molecule has 0 aliphatic carbocycles. The summed E-state index contributed by atoms with van der Waals surface area (Å²) in [5, 5.41) is 10.7.